The highest BCUT2D eigenvalue weighted by Crippen LogP contribution is 2.36. The number of hydrogen-bond donors (Lipinski definition) is 3. The normalized spacial score (nSPS) is 11.7. The number of alkyl carbamates (subject to hydrolysis) is 1. The van der Waals surface area contributed by atoms with Crippen molar-refractivity contribution in [1.29, 1.82) is 0 Å². The van der Waals surface area contributed by atoms with Gasteiger partial charge in [0, 0.05) is 29.4 Å². The summed E-state index contributed by atoms with van der Waals surface area (Å²) in [6.45, 7) is 7.51. The summed E-state index contributed by atoms with van der Waals surface area (Å²) in [5.74, 6) is -0.805. The average Bonchev–Trinajstić information content (AvgIpc) is 2.99. The first kappa shape index (κ1) is 31.7. The number of nitrogens with one attached hydrogen (secondary N) is 2. The molecular formula is C35H37N3O6. The monoisotopic (exact) mass is 595 g/mol. The van der Waals surface area contributed by atoms with E-state index in [0.29, 0.717) is 35.4 Å². The highest BCUT2D eigenvalue weighted by Gasteiger charge is 2.23. The van der Waals surface area contributed by atoms with Gasteiger partial charge < -0.3 is 25.2 Å². The smallest absolute Gasteiger partial charge is 0.407 e. The Kier molecular flexibility index (Phi) is 10.3. The number of nitrogens with zero attached hydrogens (tertiary/aromatic N) is 1. The molecule has 1 heterocycles. The van der Waals surface area contributed by atoms with E-state index in [-0.39, 0.29) is 12.3 Å². The molecule has 0 aliphatic heterocycles. The number of carboxylic acid groups (broad SMARTS) is 1. The largest absolute Gasteiger partial charge is 0.480 e. The predicted molar refractivity (Wildman–Crippen MR) is 169 cm³/mol. The number of hydrogen-bond acceptors (Lipinski definition) is 6. The SMILES string of the molecule is CCC(NC(=O)c1ccc(-c2ccccc2)cc1-c1cccnc1Oc1cccc(CCNC(=O)OC(C)(C)C)c1)C(=O)O. The summed E-state index contributed by atoms with van der Waals surface area (Å²) in [6, 6.07) is 25.1. The first-order valence-electron chi connectivity index (χ1n) is 14.5. The molecule has 1 unspecified atom stereocenters. The zero-order valence-corrected chi connectivity index (χ0v) is 25.3. The molecule has 0 spiro atoms. The molecule has 9 nitrogen and oxygen atoms in total. The Morgan fingerprint density at radius 2 is 1.66 bits per heavy atom. The number of carboxylic acids is 1. The Bertz CT molecular complexity index is 1610. The molecule has 0 aliphatic carbocycles. The number of rotatable bonds is 11. The van der Waals surface area contributed by atoms with E-state index in [1.54, 1.807) is 31.3 Å². The van der Waals surface area contributed by atoms with Crippen molar-refractivity contribution in [3.63, 3.8) is 0 Å². The van der Waals surface area contributed by atoms with Crippen molar-refractivity contribution in [2.24, 2.45) is 0 Å². The van der Waals surface area contributed by atoms with E-state index in [0.717, 1.165) is 16.7 Å². The molecule has 1 atom stereocenters. The van der Waals surface area contributed by atoms with Crippen LogP contribution in [0.5, 0.6) is 11.6 Å². The van der Waals surface area contributed by atoms with Gasteiger partial charge in [0.2, 0.25) is 5.88 Å². The number of carbonyl (C=O) groups is 3. The Morgan fingerprint density at radius 1 is 0.886 bits per heavy atom. The third-order valence-corrected chi connectivity index (χ3v) is 6.64. The summed E-state index contributed by atoms with van der Waals surface area (Å²) in [6.07, 6.45) is 1.92. The molecule has 4 aromatic rings. The first-order chi connectivity index (χ1) is 21.0. The van der Waals surface area contributed by atoms with Gasteiger partial charge in [-0.1, -0.05) is 55.5 Å². The molecule has 9 heteroatoms. The van der Waals surface area contributed by atoms with Crippen LogP contribution in [-0.2, 0) is 16.0 Å². The highest BCUT2D eigenvalue weighted by molar-refractivity contribution is 6.03. The maximum atomic E-state index is 13.4. The zero-order valence-electron chi connectivity index (χ0n) is 25.3. The lowest BCUT2D eigenvalue weighted by molar-refractivity contribution is -0.139. The van der Waals surface area contributed by atoms with Gasteiger partial charge in [-0.25, -0.2) is 14.6 Å². The van der Waals surface area contributed by atoms with Crippen molar-refractivity contribution in [2.45, 2.75) is 52.2 Å². The van der Waals surface area contributed by atoms with E-state index in [4.69, 9.17) is 9.47 Å². The van der Waals surface area contributed by atoms with Crippen LogP contribution in [0.15, 0.2) is 91.1 Å². The summed E-state index contributed by atoms with van der Waals surface area (Å²) in [5, 5.41) is 14.9. The molecule has 44 heavy (non-hydrogen) atoms. The van der Waals surface area contributed by atoms with Crippen molar-refractivity contribution in [2.75, 3.05) is 6.54 Å². The molecule has 0 saturated carbocycles. The van der Waals surface area contributed by atoms with Crippen LogP contribution in [0.3, 0.4) is 0 Å². The van der Waals surface area contributed by atoms with E-state index >= 15 is 0 Å². The topological polar surface area (TPSA) is 127 Å². The second-order valence-corrected chi connectivity index (χ2v) is 11.2. The lowest BCUT2D eigenvalue weighted by Crippen LogP contribution is -2.40. The van der Waals surface area contributed by atoms with Gasteiger partial charge in [0.1, 0.15) is 17.4 Å². The molecule has 1 aromatic heterocycles. The first-order valence-corrected chi connectivity index (χ1v) is 14.5. The van der Waals surface area contributed by atoms with Gasteiger partial charge in [0.05, 0.1) is 0 Å². The maximum Gasteiger partial charge on any atom is 0.407 e. The number of pyridine rings is 1. The van der Waals surface area contributed by atoms with Crippen LogP contribution < -0.4 is 15.4 Å². The second kappa shape index (κ2) is 14.3. The Labute approximate surface area is 257 Å². The third kappa shape index (κ3) is 8.67. The molecular weight excluding hydrogens is 558 g/mol. The van der Waals surface area contributed by atoms with Crippen LogP contribution in [-0.4, -0.2) is 46.2 Å². The molecule has 0 fully saturated rings. The number of benzene rings is 3. The van der Waals surface area contributed by atoms with E-state index < -0.39 is 29.6 Å². The molecule has 3 aromatic carbocycles. The molecule has 0 bridgehead atoms. The number of carbonyl (C=O) groups excluding carboxylic acids is 2. The van der Waals surface area contributed by atoms with Gasteiger partial charge in [-0.3, -0.25) is 4.79 Å². The van der Waals surface area contributed by atoms with Crippen molar-refractivity contribution in [3.05, 3.63) is 102 Å². The fourth-order valence-electron chi connectivity index (χ4n) is 4.53. The quantitative estimate of drug-likeness (QED) is 0.173. The van der Waals surface area contributed by atoms with E-state index in [9.17, 15) is 19.5 Å². The van der Waals surface area contributed by atoms with Gasteiger partial charge in [0.15, 0.2) is 0 Å². The van der Waals surface area contributed by atoms with Crippen LogP contribution >= 0.6 is 0 Å². The predicted octanol–water partition coefficient (Wildman–Crippen LogP) is 6.87. The summed E-state index contributed by atoms with van der Waals surface area (Å²) in [7, 11) is 0. The zero-order chi connectivity index (χ0) is 31.7. The van der Waals surface area contributed by atoms with Gasteiger partial charge in [-0.15, -0.1) is 0 Å². The minimum atomic E-state index is -1.10. The Balaban J connectivity index is 1.64. The molecule has 0 radical (unpaired) electrons. The minimum absolute atomic E-state index is 0.239. The van der Waals surface area contributed by atoms with Crippen LogP contribution in [0, 0.1) is 0 Å². The number of aliphatic carboxylic acids is 1. The summed E-state index contributed by atoms with van der Waals surface area (Å²) in [4.78, 5) is 41.6. The second-order valence-electron chi connectivity index (χ2n) is 11.2. The Morgan fingerprint density at radius 3 is 2.36 bits per heavy atom. The number of amides is 2. The van der Waals surface area contributed by atoms with Crippen LogP contribution in [0.1, 0.15) is 50.0 Å². The van der Waals surface area contributed by atoms with Crippen molar-refractivity contribution in [1.82, 2.24) is 15.6 Å². The van der Waals surface area contributed by atoms with Crippen molar-refractivity contribution in [3.8, 4) is 33.9 Å². The molecule has 2 amide bonds. The van der Waals surface area contributed by atoms with E-state index in [1.807, 2.05) is 87.5 Å². The van der Waals surface area contributed by atoms with Crippen molar-refractivity contribution >= 4 is 18.0 Å². The van der Waals surface area contributed by atoms with Gasteiger partial charge >= 0.3 is 12.1 Å². The van der Waals surface area contributed by atoms with Gasteiger partial charge in [0.25, 0.3) is 5.91 Å². The summed E-state index contributed by atoms with van der Waals surface area (Å²) < 4.78 is 11.6. The molecule has 4 rings (SSSR count). The lowest BCUT2D eigenvalue weighted by atomic mass is 9.94. The molecule has 228 valence electrons. The highest BCUT2D eigenvalue weighted by atomic mass is 16.6. The molecule has 3 N–H and O–H groups in total. The molecule has 0 aliphatic rings. The summed E-state index contributed by atoms with van der Waals surface area (Å²) in [5.41, 5.74) is 3.59. The fraction of sp³-hybridized carbons (Fsp3) is 0.257. The third-order valence-electron chi connectivity index (χ3n) is 6.64. The van der Waals surface area contributed by atoms with Crippen LogP contribution in [0.25, 0.3) is 22.3 Å². The molecule has 0 saturated heterocycles. The van der Waals surface area contributed by atoms with Crippen LogP contribution in [0.4, 0.5) is 4.79 Å². The van der Waals surface area contributed by atoms with Gasteiger partial charge in [-0.05, 0) is 86.7 Å². The maximum absolute atomic E-state index is 13.4. The standard InChI is InChI=1S/C35H37N3O6/c1-5-30(33(40)41)38-31(39)27-17-16-25(24-12-7-6-8-13-24)22-29(27)28-15-10-19-36-32(28)43-26-14-9-11-23(21-26)18-20-37-34(42)44-35(2,3)4/h6-17,19,21-22,30H,5,18,20H2,1-4H3,(H,37,42)(H,38,39)(H,40,41). The van der Waals surface area contributed by atoms with Crippen molar-refractivity contribution < 1.29 is 29.0 Å². The van der Waals surface area contributed by atoms with E-state index in [2.05, 4.69) is 15.6 Å². The minimum Gasteiger partial charge on any atom is -0.480 e. The van der Waals surface area contributed by atoms with Gasteiger partial charge in [-0.2, -0.15) is 0 Å². The van der Waals surface area contributed by atoms with Crippen LogP contribution in [0.2, 0.25) is 0 Å². The van der Waals surface area contributed by atoms with E-state index in [1.165, 1.54) is 0 Å². The Hall–Kier alpha value is -5.18. The average molecular weight is 596 g/mol. The summed E-state index contributed by atoms with van der Waals surface area (Å²) >= 11 is 0. The number of aromatic nitrogens is 1. The number of ether oxygens (including phenoxy) is 2. The fourth-order valence-corrected chi connectivity index (χ4v) is 4.53. The lowest BCUT2D eigenvalue weighted by Gasteiger charge is -2.19.